The molecule has 2 N–H and O–H groups in total. The Morgan fingerprint density at radius 3 is 2.65 bits per heavy atom. The summed E-state index contributed by atoms with van der Waals surface area (Å²) in [4.78, 5) is 11.0. The highest BCUT2D eigenvalue weighted by Gasteiger charge is 2.36. The van der Waals surface area contributed by atoms with Gasteiger partial charge in [0.1, 0.15) is 12.7 Å². The third-order valence-corrected chi connectivity index (χ3v) is 3.39. The maximum absolute atomic E-state index is 11.0. The Morgan fingerprint density at radius 2 is 2.10 bits per heavy atom. The number of benzene rings is 1. The standard InChI is InChI=1S/C15H21NO4/c1-10(2)14(13(17)12-9-20-15(18)16-12)19-8-11-6-4-3-5-7-11/h3-7,10,12-14,17H,8-9H2,1-2H3,(H,16,18)/t12-,13-,14+/m0/s1. The second kappa shape index (κ2) is 6.72. The highest BCUT2D eigenvalue weighted by molar-refractivity contribution is 5.69. The highest BCUT2D eigenvalue weighted by atomic mass is 16.6. The molecule has 0 spiro atoms. The van der Waals surface area contributed by atoms with Crippen molar-refractivity contribution in [3.8, 4) is 0 Å². The van der Waals surface area contributed by atoms with Gasteiger partial charge in [0.05, 0.1) is 18.8 Å². The van der Waals surface area contributed by atoms with Crippen LogP contribution in [0.4, 0.5) is 4.79 Å². The van der Waals surface area contributed by atoms with Crippen LogP contribution >= 0.6 is 0 Å². The zero-order chi connectivity index (χ0) is 14.5. The number of nitrogens with one attached hydrogen (secondary N) is 1. The van der Waals surface area contributed by atoms with E-state index in [-0.39, 0.29) is 18.6 Å². The van der Waals surface area contributed by atoms with E-state index in [2.05, 4.69) is 5.32 Å². The first-order valence-electron chi connectivity index (χ1n) is 6.85. The summed E-state index contributed by atoms with van der Waals surface area (Å²) in [5, 5.41) is 13.0. The van der Waals surface area contributed by atoms with Crippen molar-refractivity contribution in [2.75, 3.05) is 6.61 Å². The largest absolute Gasteiger partial charge is 0.447 e. The minimum absolute atomic E-state index is 0.131. The number of ether oxygens (including phenoxy) is 2. The van der Waals surface area contributed by atoms with Gasteiger partial charge in [0.2, 0.25) is 0 Å². The molecule has 110 valence electrons. The molecule has 20 heavy (non-hydrogen) atoms. The normalized spacial score (nSPS) is 21.4. The van der Waals surface area contributed by atoms with Crippen LogP contribution in [0.3, 0.4) is 0 Å². The van der Waals surface area contributed by atoms with Gasteiger partial charge in [0.15, 0.2) is 0 Å². The number of hydrogen-bond donors (Lipinski definition) is 2. The van der Waals surface area contributed by atoms with Crippen molar-refractivity contribution in [3.63, 3.8) is 0 Å². The van der Waals surface area contributed by atoms with Gasteiger partial charge in [-0.2, -0.15) is 0 Å². The lowest BCUT2D eigenvalue weighted by molar-refractivity contribution is -0.0804. The summed E-state index contributed by atoms with van der Waals surface area (Å²) in [6.07, 6.45) is -1.63. The van der Waals surface area contributed by atoms with Crippen LogP contribution in [-0.2, 0) is 16.1 Å². The SMILES string of the molecule is CC(C)[C@@H](OCc1ccccc1)[C@@H](O)[C@@H]1COC(=O)N1. The van der Waals surface area contributed by atoms with Gasteiger partial charge in [-0.05, 0) is 11.5 Å². The van der Waals surface area contributed by atoms with Crippen LogP contribution in [0.2, 0.25) is 0 Å². The molecule has 5 heteroatoms. The number of alkyl carbamates (subject to hydrolysis) is 1. The van der Waals surface area contributed by atoms with E-state index in [1.54, 1.807) is 0 Å². The van der Waals surface area contributed by atoms with Crippen molar-refractivity contribution in [1.29, 1.82) is 0 Å². The molecule has 1 aromatic rings. The minimum Gasteiger partial charge on any atom is -0.447 e. The number of aliphatic hydroxyl groups excluding tert-OH is 1. The number of carbonyl (C=O) groups excluding carboxylic acids is 1. The van der Waals surface area contributed by atoms with Gasteiger partial charge in [-0.15, -0.1) is 0 Å². The van der Waals surface area contributed by atoms with E-state index in [1.807, 2.05) is 44.2 Å². The molecule has 0 unspecified atom stereocenters. The summed E-state index contributed by atoms with van der Waals surface area (Å²) in [6, 6.07) is 9.39. The average molecular weight is 279 g/mol. The topological polar surface area (TPSA) is 67.8 Å². The maximum Gasteiger partial charge on any atom is 0.407 e. The van der Waals surface area contributed by atoms with Crippen molar-refractivity contribution in [1.82, 2.24) is 5.32 Å². The van der Waals surface area contributed by atoms with Crippen LogP contribution < -0.4 is 5.32 Å². The molecule has 1 saturated heterocycles. The molecule has 1 aliphatic rings. The predicted octanol–water partition coefficient (Wildman–Crippen LogP) is 1.70. The highest BCUT2D eigenvalue weighted by Crippen LogP contribution is 2.18. The first-order chi connectivity index (χ1) is 9.58. The lowest BCUT2D eigenvalue weighted by Gasteiger charge is -2.29. The average Bonchev–Trinajstić information content (AvgIpc) is 2.86. The van der Waals surface area contributed by atoms with E-state index >= 15 is 0 Å². The third kappa shape index (κ3) is 3.71. The van der Waals surface area contributed by atoms with Crippen molar-refractivity contribution in [2.24, 2.45) is 5.92 Å². The fourth-order valence-corrected chi connectivity index (χ4v) is 2.27. The van der Waals surface area contributed by atoms with Crippen LogP contribution in [0.1, 0.15) is 19.4 Å². The molecule has 1 heterocycles. The van der Waals surface area contributed by atoms with E-state index in [1.165, 1.54) is 0 Å². The summed E-state index contributed by atoms with van der Waals surface area (Å²) in [7, 11) is 0. The van der Waals surface area contributed by atoms with Crippen LogP contribution in [-0.4, -0.2) is 36.1 Å². The second-order valence-electron chi connectivity index (χ2n) is 5.35. The molecule has 1 aliphatic heterocycles. The molecule has 2 rings (SSSR count). The molecule has 0 saturated carbocycles. The van der Waals surface area contributed by atoms with Crippen LogP contribution in [0, 0.1) is 5.92 Å². The Hall–Kier alpha value is -1.59. The van der Waals surface area contributed by atoms with Gasteiger partial charge in [0.25, 0.3) is 0 Å². The predicted molar refractivity (Wildman–Crippen MR) is 74.1 cm³/mol. The number of cyclic esters (lactones) is 1. The van der Waals surface area contributed by atoms with Gasteiger partial charge >= 0.3 is 6.09 Å². The molecular formula is C15H21NO4. The smallest absolute Gasteiger partial charge is 0.407 e. The Labute approximate surface area is 118 Å². The number of rotatable bonds is 6. The lowest BCUT2D eigenvalue weighted by atomic mass is 9.96. The van der Waals surface area contributed by atoms with Crippen LogP contribution in [0.5, 0.6) is 0 Å². The van der Waals surface area contributed by atoms with E-state index < -0.39 is 18.2 Å². The third-order valence-electron chi connectivity index (χ3n) is 3.39. The molecule has 0 aromatic heterocycles. The Kier molecular flexibility index (Phi) is 4.98. The molecule has 1 fully saturated rings. The lowest BCUT2D eigenvalue weighted by Crippen LogP contribution is -2.48. The molecule has 1 aromatic carbocycles. The van der Waals surface area contributed by atoms with Gasteiger partial charge in [-0.1, -0.05) is 44.2 Å². The fraction of sp³-hybridized carbons (Fsp3) is 0.533. The molecule has 0 radical (unpaired) electrons. The minimum atomic E-state index is -0.787. The van der Waals surface area contributed by atoms with Crippen molar-refractivity contribution < 1.29 is 19.4 Å². The van der Waals surface area contributed by atoms with Gasteiger partial charge in [0, 0.05) is 0 Å². The van der Waals surface area contributed by atoms with Gasteiger partial charge in [-0.25, -0.2) is 4.79 Å². The maximum atomic E-state index is 11.0. The number of amides is 1. The fourth-order valence-electron chi connectivity index (χ4n) is 2.27. The second-order valence-corrected chi connectivity index (χ2v) is 5.35. The van der Waals surface area contributed by atoms with E-state index in [9.17, 15) is 9.90 Å². The first kappa shape index (κ1) is 14.8. The molecule has 0 bridgehead atoms. The van der Waals surface area contributed by atoms with Crippen molar-refractivity contribution >= 4 is 6.09 Å². The zero-order valence-electron chi connectivity index (χ0n) is 11.8. The van der Waals surface area contributed by atoms with Crippen LogP contribution in [0.15, 0.2) is 30.3 Å². The number of carbonyl (C=O) groups is 1. The Bertz CT molecular complexity index is 435. The first-order valence-corrected chi connectivity index (χ1v) is 6.85. The number of aliphatic hydroxyl groups is 1. The van der Waals surface area contributed by atoms with Gasteiger partial charge < -0.3 is 19.9 Å². The quantitative estimate of drug-likeness (QED) is 0.831. The zero-order valence-corrected chi connectivity index (χ0v) is 11.8. The van der Waals surface area contributed by atoms with Crippen molar-refractivity contribution in [3.05, 3.63) is 35.9 Å². The Morgan fingerprint density at radius 1 is 1.40 bits per heavy atom. The van der Waals surface area contributed by atoms with E-state index in [0.29, 0.717) is 6.61 Å². The molecule has 1 amide bonds. The van der Waals surface area contributed by atoms with E-state index in [4.69, 9.17) is 9.47 Å². The van der Waals surface area contributed by atoms with Gasteiger partial charge in [-0.3, -0.25) is 0 Å². The van der Waals surface area contributed by atoms with Crippen LogP contribution in [0.25, 0.3) is 0 Å². The monoisotopic (exact) mass is 279 g/mol. The molecule has 3 atom stereocenters. The molecular weight excluding hydrogens is 258 g/mol. The molecule has 5 nitrogen and oxygen atoms in total. The Balaban J connectivity index is 1.94. The summed E-state index contributed by atoms with van der Waals surface area (Å²) in [5.41, 5.74) is 1.05. The summed E-state index contributed by atoms with van der Waals surface area (Å²) < 4.78 is 10.7. The summed E-state index contributed by atoms with van der Waals surface area (Å²) in [5.74, 6) is 0.131. The van der Waals surface area contributed by atoms with E-state index in [0.717, 1.165) is 5.56 Å². The van der Waals surface area contributed by atoms with Crippen molar-refractivity contribution in [2.45, 2.75) is 38.7 Å². The number of hydrogen-bond acceptors (Lipinski definition) is 4. The summed E-state index contributed by atoms with van der Waals surface area (Å²) >= 11 is 0. The molecule has 0 aliphatic carbocycles. The summed E-state index contributed by atoms with van der Waals surface area (Å²) in [6.45, 7) is 4.58.